The second-order valence-corrected chi connectivity index (χ2v) is 10.9. The molecule has 34 heavy (non-hydrogen) atoms. The molecular formula is C28H28O6. The van der Waals surface area contributed by atoms with Gasteiger partial charge in [0.1, 0.15) is 11.5 Å². The molecule has 1 aromatic heterocycles. The maximum atomic E-state index is 13.9. The number of hydrogen-bond acceptors (Lipinski definition) is 6. The topological polar surface area (TPSA) is 105 Å². The van der Waals surface area contributed by atoms with Gasteiger partial charge >= 0.3 is 0 Å². The summed E-state index contributed by atoms with van der Waals surface area (Å²) in [7, 11) is 0. The maximum absolute atomic E-state index is 13.9. The Morgan fingerprint density at radius 2 is 1.76 bits per heavy atom. The van der Waals surface area contributed by atoms with Crippen LogP contribution in [-0.4, -0.2) is 27.6 Å². The molecule has 0 bridgehead atoms. The lowest BCUT2D eigenvalue weighted by Gasteiger charge is -2.57. The van der Waals surface area contributed by atoms with Gasteiger partial charge < -0.3 is 14.6 Å². The smallest absolute Gasteiger partial charge is 0.196 e. The summed E-state index contributed by atoms with van der Waals surface area (Å²) in [5.74, 6) is -1.68. The Morgan fingerprint density at radius 3 is 2.38 bits per heavy atom. The van der Waals surface area contributed by atoms with E-state index >= 15 is 0 Å². The van der Waals surface area contributed by atoms with Crippen LogP contribution in [0.3, 0.4) is 0 Å². The standard InChI is InChI=1S/C28H28O6/c1-14-10-27(4)13-26(3)11-18-17(16-8-9-34-12-16)6-7-19(30)21(18)23(31)22(26)25(33)28(27,5)24(32)20(14)15(2)29/h6-9,12,30,33H,10-11,13H2,1-5H3/t26-,27+,28-/m0/s1. The van der Waals surface area contributed by atoms with Gasteiger partial charge in [0.2, 0.25) is 0 Å². The minimum atomic E-state index is -1.41. The van der Waals surface area contributed by atoms with Crippen LogP contribution in [0.25, 0.3) is 11.1 Å². The van der Waals surface area contributed by atoms with Gasteiger partial charge in [0, 0.05) is 16.6 Å². The highest BCUT2D eigenvalue weighted by Crippen LogP contribution is 2.66. The molecule has 6 nitrogen and oxygen atoms in total. The number of hydrogen-bond donors (Lipinski definition) is 2. The van der Waals surface area contributed by atoms with Crippen LogP contribution in [0, 0.1) is 16.2 Å². The number of carbonyl (C=O) groups excluding carboxylic acids is 3. The van der Waals surface area contributed by atoms with Crippen molar-refractivity contribution >= 4 is 17.3 Å². The number of rotatable bonds is 2. The van der Waals surface area contributed by atoms with Crippen LogP contribution in [0.5, 0.6) is 5.75 Å². The lowest BCUT2D eigenvalue weighted by Crippen LogP contribution is -2.57. The molecule has 1 heterocycles. The Labute approximate surface area is 198 Å². The van der Waals surface area contributed by atoms with Crippen LogP contribution < -0.4 is 0 Å². The summed E-state index contributed by atoms with van der Waals surface area (Å²) in [6.45, 7) is 8.71. The number of aliphatic hydroxyl groups is 1. The van der Waals surface area contributed by atoms with Crippen molar-refractivity contribution in [3.63, 3.8) is 0 Å². The number of benzene rings is 1. The van der Waals surface area contributed by atoms with Gasteiger partial charge in [-0.15, -0.1) is 0 Å². The summed E-state index contributed by atoms with van der Waals surface area (Å²) < 4.78 is 5.25. The number of ketones is 3. The molecule has 3 aliphatic rings. The lowest BCUT2D eigenvalue weighted by atomic mass is 9.44. The van der Waals surface area contributed by atoms with E-state index in [0.29, 0.717) is 24.8 Å². The zero-order valence-electron chi connectivity index (χ0n) is 20.0. The third-order valence-electron chi connectivity index (χ3n) is 8.56. The Balaban J connectivity index is 1.78. The van der Waals surface area contributed by atoms with Gasteiger partial charge in [-0.1, -0.05) is 25.5 Å². The zero-order chi connectivity index (χ0) is 24.8. The van der Waals surface area contributed by atoms with E-state index in [1.54, 1.807) is 38.5 Å². The molecular weight excluding hydrogens is 432 g/mol. The van der Waals surface area contributed by atoms with Gasteiger partial charge in [-0.05, 0) is 68.7 Å². The molecule has 0 aliphatic heterocycles. The van der Waals surface area contributed by atoms with Crippen LogP contribution >= 0.6 is 0 Å². The van der Waals surface area contributed by atoms with Crippen molar-refractivity contribution in [2.75, 3.05) is 0 Å². The number of aliphatic hydroxyl groups excluding tert-OH is 1. The van der Waals surface area contributed by atoms with Crippen LogP contribution in [0.1, 0.15) is 63.4 Å². The van der Waals surface area contributed by atoms with Crippen LogP contribution in [-0.2, 0) is 16.0 Å². The van der Waals surface area contributed by atoms with Crippen molar-refractivity contribution in [1.29, 1.82) is 0 Å². The summed E-state index contributed by atoms with van der Waals surface area (Å²) in [6, 6.07) is 5.05. The predicted octanol–water partition coefficient (Wildman–Crippen LogP) is 5.50. The number of allylic oxidation sites excluding steroid dienone is 4. The molecule has 0 saturated heterocycles. The third kappa shape index (κ3) is 2.59. The van der Waals surface area contributed by atoms with Crippen LogP contribution in [0.4, 0.5) is 0 Å². The van der Waals surface area contributed by atoms with Crippen molar-refractivity contribution in [2.45, 2.75) is 53.9 Å². The fourth-order valence-corrected chi connectivity index (χ4v) is 6.96. The first-order valence-electron chi connectivity index (χ1n) is 11.5. The minimum absolute atomic E-state index is 0.115. The lowest BCUT2D eigenvalue weighted by molar-refractivity contribution is -0.137. The van der Waals surface area contributed by atoms with E-state index in [-0.39, 0.29) is 34.0 Å². The van der Waals surface area contributed by atoms with Crippen molar-refractivity contribution in [1.82, 2.24) is 0 Å². The van der Waals surface area contributed by atoms with Crippen LogP contribution in [0.2, 0.25) is 0 Å². The average Bonchev–Trinajstić information content (AvgIpc) is 3.24. The number of phenolic OH excluding ortho intramolecular Hbond substituents is 1. The number of furan rings is 1. The molecule has 0 fully saturated rings. The number of Topliss-reactive ketones (excluding diaryl/α,β-unsaturated/α-hetero) is 3. The van der Waals surface area contributed by atoms with E-state index in [1.807, 2.05) is 13.8 Å². The largest absolute Gasteiger partial charge is 0.511 e. The van der Waals surface area contributed by atoms with Gasteiger partial charge in [0.25, 0.3) is 0 Å². The number of aromatic hydroxyl groups is 1. The van der Waals surface area contributed by atoms with E-state index in [9.17, 15) is 24.6 Å². The molecule has 0 saturated carbocycles. The quantitative estimate of drug-likeness (QED) is 0.573. The van der Waals surface area contributed by atoms with Crippen molar-refractivity contribution in [3.8, 4) is 16.9 Å². The Hall–Kier alpha value is -3.41. The highest BCUT2D eigenvalue weighted by atomic mass is 16.3. The second-order valence-electron chi connectivity index (χ2n) is 10.9. The van der Waals surface area contributed by atoms with Gasteiger partial charge in [-0.2, -0.15) is 0 Å². The molecule has 176 valence electrons. The van der Waals surface area contributed by atoms with E-state index in [1.165, 1.54) is 13.0 Å². The number of fused-ring (bicyclic) bond motifs is 3. The first kappa shape index (κ1) is 22.4. The Morgan fingerprint density at radius 1 is 1.06 bits per heavy atom. The van der Waals surface area contributed by atoms with E-state index in [0.717, 1.165) is 16.7 Å². The van der Waals surface area contributed by atoms with Crippen LogP contribution in [0.15, 0.2) is 57.6 Å². The summed E-state index contributed by atoms with van der Waals surface area (Å²) in [5.41, 5.74) is 0.576. The summed E-state index contributed by atoms with van der Waals surface area (Å²) in [4.78, 5) is 40.0. The van der Waals surface area contributed by atoms with Crippen molar-refractivity contribution in [2.24, 2.45) is 16.2 Å². The minimum Gasteiger partial charge on any atom is -0.511 e. The molecule has 0 amide bonds. The fraction of sp³-hybridized carbons (Fsp3) is 0.393. The monoisotopic (exact) mass is 460 g/mol. The van der Waals surface area contributed by atoms with Crippen molar-refractivity contribution in [3.05, 3.63) is 64.3 Å². The predicted molar refractivity (Wildman–Crippen MR) is 125 cm³/mol. The Bertz CT molecular complexity index is 1360. The maximum Gasteiger partial charge on any atom is 0.196 e. The summed E-state index contributed by atoms with van der Waals surface area (Å²) >= 11 is 0. The molecule has 0 radical (unpaired) electrons. The molecule has 6 heteroatoms. The van der Waals surface area contributed by atoms with Gasteiger partial charge in [0.15, 0.2) is 17.3 Å². The molecule has 0 unspecified atom stereocenters. The SMILES string of the molecule is CC(=O)C1=C(C)C[C@]2(C)C[C@]3(C)Cc4c(-c5ccoc5)ccc(O)c4C(=O)C3=C(O)[C@]2(C)C1=O. The molecule has 2 N–H and O–H groups in total. The molecule has 5 rings (SSSR count). The highest BCUT2D eigenvalue weighted by molar-refractivity contribution is 6.24. The molecule has 2 aromatic rings. The average molecular weight is 461 g/mol. The first-order chi connectivity index (χ1) is 15.9. The molecule has 1 aromatic carbocycles. The fourth-order valence-electron chi connectivity index (χ4n) is 6.96. The Kier molecular flexibility index (Phi) is 4.48. The second kappa shape index (κ2) is 6.81. The van der Waals surface area contributed by atoms with E-state index in [2.05, 4.69) is 0 Å². The van der Waals surface area contributed by atoms with Crippen molar-refractivity contribution < 1.29 is 29.0 Å². The van der Waals surface area contributed by atoms with E-state index < -0.39 is 27.8 Å². The van der Waals surface area contributed by atoms with Gasteiger partial charge in [0.05, 0.1) is 29.1 Å². The molecule has 3 aliphatic carbocycles. The highest BCUT2D eigenvalue weighted by Gasteiger charge is 2.65. The third-order valence-corrected chi connectivity index (χ3v) is 8.56. The first-order valence-corrected chi connectivity index (χ1v) is 11.5. The normalized spacial score (nSPS) is 30.7. The summed E-state index contributed by atoms with van der Waals surface area (Å²) in [5, 5.41) is 22.4. The zero-order valence-corrected chi connectivity index (χ0v) is 20.0. The molecule has 0 spiro atoms. The number of carbonyl (C=O) groups is 3. The van der Waals surface area contributed by atoms with Gasteiger partial charge in [-0.25, -0.2) is 0 Å². The van der Waals surface area contributed by atoms with Gasteiger partial charge in [-0.3, -0.25) is 14.4 Å². The van der Waals surface area contributed by atoms with E-state index in [4.69, 9.17) is 4.42 Å². The molecule has 3 atom stereocenters. The summed E-state index contributed by atoms with van der Waals surface area (Å²) in [6.07, 6.45) is 4.49. The number of phenols is 1.